The Kier molecular flexibility index (Phi) is 3.01. The molecular formula is C12H11FN2O3. The van der Waals surface area contributed by atoms with Crippen LogP contribution in [0.5, 0.6) is 5.88 Å². The molecule has 0 spiro atoms. The molecule has 1 heterocycles. The first-order valence-corrected chi connectivity index (χ1v) is 5.17. The molecule has 0 saturated carbocycles. The smallest absolute Gasteiger partial charge is 0.343 e. The van der Waals surface area contributed by atoms with Crippen molar-refractivity contribution in [1.82, 2.24) is 9.78 Å². The highest BCUT2D eigenvalue weighted by atomic mass is 19.1. The topological polar surface area (TPSA) is 64.3 Å². The van der Waals surface area contributed by atoms with E-state index in [1.807, 2.05) is 0 Å². The van der Waals surface area contributed by atoms with Crippen LogP contribution in [0.2, 0.25) is 0 Å². The van der Waals surface area contributed by atoms with Crippen LogP contribution in [-0.4, -0.2) is 28.0 Å². The van der Waals surface area contributed by atoms with E-state index in [9.17, 15) is 9.18 Å². The summed E-state index contributed by atoms with van der Waals surface area (Å²) in [7, 11) is 1.36. The Morgan fingerprint density at radius 2 is 2.00 bits per heavy atom. The van der Waals surface area contributed by atoms with Crippen molar-refractivity contribution in [3.8, 4) is 11.6 Å². The van der Waals surface area contributed by atoms with Gasteiger partial charge in [-0.05, 0) is 31.2 Å². The fourth-order valence-corrected chi connectivity index (χ4v) is 1.70. The number of carboxylic acids is 1. The van der Waals surface area contributed by atoms with Crippen LogP contribution < -0.4 is 4.74 Å². The summed E-state index contributed by atoms with van der Waals surface area (Å²) in [4.78, 5) is 11.1. The van der Waals surface area contributed by atoms with Gasteiger partial charge in [-0.25, -0.2) is 13.9 Å². The SMILES string of the molecule is COc1c(C(=O)O)c(C)nn1-c1ccc(F)cc1. The molecule has 0 bridgehead atoms. The van der Waals surface area contributed by atoms with Crippen LogP contribution >= 0.6 is 0 Å². The van der Waals surface area contributed by atoms with Crippen LogP contribution in [0.1, 0.15) is 16.1 Å². The Labute approximate surface area is 102 Å². The number of halogens is 1. The van der Waals surface area contributed by atoms with Crippen molar-refractivity contribution in [2.24, 2.45) is 0 Å². The lowest BCUT2D eigenvalue weighted by molar-refractivity contribution is 0.0692. The minimum atomic E-state index is -1.11. The molecule has 0 radical (unpaired) electrons. The van der Waals surface area contributed by atoms with Gasteiger partial charge in [-0.1, -0.05) is 0 Å². The number of rotatable bonds is 3. The molecule has 18 heavy (non-hydrogen) atoms. The second kappa shape index (κ2) is 4.48. The van der Waals surface area contributed by atoms with Gasteiger partial charge in [0.1, 0.15) is 11.4 Å². The minimum absolute atomic E-state index is 0.00169. The number of hydrogen-bond donors (Lipinski definition) is 1. The quantitative estimate of drug-likeness (QED) is 0.905. The van der Waals surface area contributed by atoms with Gasteiger partial charge in [-0.2, -0.15) is 5.10 Å². The highest BCUT2D eigenvalue weighted by Crippen LogP contribution is 2.25. The van der Waals surface area contributed by atoms with E-state index in [4.69, 9.17) is 9.84 Å². The molecule has 94 valence electrons. The zero-order chi connectivity index (χ0) is 13.3. The Morgan fingerprint density at radius 1 is 1.39 bits per heavy atom. The predicted octanol–water partition coefficient (Wildman–Crippen LogP) is 2.03. The molecule has 0 atom stereocenters. The van der Waals surface area contributed by atoms with E-state index in [1.54, 1.807) is 6.92 Å². The number of aromatic nitrogens is 2. The molecule has 0 unspecified atom stereocenters. The van der Waals surface area contributed by atoms with E-state index in [0.717, 1.165) is 0 Å². The number of hydrogen-bond acceptors (Lipinski definition) is 3. The Bertz CT molecular complexity index is 590. The Hall–Kier alpha value is -2.37. The number of methoxy groups -OCH3 is 1. The average Bonchev–Trinajstić information content (AvgIpc) is 2.67. The summed E-state index contributed by atoms with van der Waals surface area (Å²) in [5.74, 6) is -1.37. The molecule has 1 N–H and O–H groups in total. The van der Waals surface area contributed by atoms with Gasteiger partial charge in [0.05, 0.1) is 18.5 Å². The van der Waals surface area contributed by atoms with Crippen LogP contribution in [0.4, 0.5) is 4.39 Å². The standard InChI is InChI=1S/C12H11FN2O3/c1-7-10(12(16)17)11(18-2)15(14-7)9-5-3-8(13)4-6-9/h3-6H,1-2H3,(H,16,17). The van der Waals surface area contributed by atoms with Gasteiger partial charge in [0.25, 0.3) is 0 Å². The molecule has 5 nitrogen and oxygen atoms in total. The van der Waals surface area contributed by atoms with E-state index in [-0.39, 0.29) is 17.3 Å². The minimum Gasteiger partial charge on any atom is -0.480 e. The molecule has 1 aromatic heterocycles. The molecule has 0 amide bonds. The number of nitrogens with zero attached hydrogens (tertiary/aromatic N) is 2. The number of carbonyl (C=O) groups is 1. The third-order valence-corrected chi connectivity index (χ3v) is 2.50. The maximum atomic E-state index is 12.8. The third-order valence-electron chi connectivity index (χ3n) is 2.50. The van der Waals surface area contributed by atoms with Crippen LogP contribution in [0.15, 0.2) is 24.3 Å². The molecule has 0 fully saturated rings. The maximum absolute atomic E-state index is 12.8. The van der Waals surface area contributed by atoms with Gasteiger partial charge >= 0.3 is 5.97 Å². The molecule has 0 aliphatic rings. The average molecular weight is 250 g/mol. The fourth-order valence-electron chi connectivity index (χ4n) is 1.70. The number of benzene rings is 1. The summed E-state index contributed by atoms with van der Waals surface area (Å²) in [5, 5.41) is 13.2. The zero-order valence-corrected chi connectivity index (χ0v) is 9.85. The van der Waals surface area contributed by atoms with Crippen molar-refractivity contribution < 1.29 is 19.0 Å². The normalized spacial score (nSPS) is 10.4. The second-order valence-corrected chi connectivity index (χ2v) is 3.66. The van der Waals surface area contributed by atoms with Crippen molar-refractivity contribution in [1.29, 1.82) is 0 Å². The highest BCUT2D eigenvalue weighted by Gasteiger charge is 2.22. The molecular weight excluding hydrogens is 239 g/mol. The Morgan fingerprint density at radius 3 is 2.50 bits per heavy atom. The Balaban J connectivity index is 2.61. The van der Waals surface area contributed by atoms with Gasteiger partial charge < -0.3 is 9.84 Å². The van der Waals surface area contributed by atoms with Crippen molar-refractivity contribution >= 4 is 5.97 Å². The van der Waals surface area contributed by atoms with E-state index in [1.165, 1.54) is 36.1 Å². The molecule has 2 aromatic rings. The van der Waals surface area contributed by atoms with E-state index in [0.29, 0.717) is 11.4 Å². The number of aromatic carboxylic acids is 1. The van der Waals surface area contributed by atoms with Crippen LogP contribution in [0.3, 0.4) is 0 Å². The molecule has 1 aromatic carbocycles. The first kappa shape index (κ1) is 12.1. The molecule has 2 rings (SSSR count). The third kappa shape index (κ3) is 1.92. The summed E-state index contributed by atoms with van der Waals surface area (Å²) in [6.07, 6.45) is 0. The van der Waals surface area contributed by atoms with Crippen molar-refractivity contribution in [3.63, 3.8) is 0 Å². The summed E-state index contributed by atoms with van der Waals surface area (Å²) < 4.78 is 19.2. The van der Waals surface area contributed by atoms with Gasteiger partial charge in [-0.3, -0.25) is 0 Å². The van der Waals surface area contributed by atoms with E-state index in [2.05, 4.69) is 5.10 Å². The van der Waals surface area contributed by atoms with Gasteiger partial charge in [0.15, 0.2) is 0 Å². The van der Waals surface area contributed by atoms with Crippen LogP contribution in [-0.2, 0) is 0 Å². The molecule has 0 aliphatic carbocycles. The number of carboxylic acid groups (broad SMARTS) is 1. The van der Waals surface area contributed by atoms with Crippen molar-refractivity contribution in [3.05, 3.63) is 41.3 Å². The highest BCUT2D eigenvalue weighted by molar-refractivity contribution is 5.91. The van der Waals surface area contributed by atoms with Crippen LogP contribution in [0, 0.1) is 12.7 Å². The monoisotopic (exact) mass is 250 g/mol. The predicted molar refractivity (Wildman–Crippen MR) is 61.8 cm³/mol. The van der Waals surface area contributed by atoms with Gasteiger partial charge in [0.2, 0.25) is 5.88 Å². The van der Waals surface area contributed by atoms with Crippen molar-refractivity contribution in [2.45, 2.75) is 6.92 Å². The fraction of sp³-hybridized carbons (Fsp3) is 0.167. The van der Waals surface area contributed by atoms with Crippen molar-refractivity contribution in [2.75, 3.05) is 7.11 Å². The number of aryl methyl sites for hydroxylation is 1. The first-order valence-electron chi connectivity index (χ1n) is 5.17. The summed E-state index contributed by atoms with van der Waals surface area (Å²) in [6, 6.07) is 5.53. The summed E-state index contributed by atoms with van der Waals surface area (Å²) in [5.41, 5.74) is 0.870. The lowest BCUT2D eigenvalue weighted by Gasteiger charge is -2.06. The number of ether oxygens (including phenoxy) is 1. The summed E-state index contributed by atoms with van der Waals surface area (Å²) >= 11 is 0. The van der Waals surface area contributed by atoms with Gasteiger partial charge in [-0.15, -0.1) is 0 Å². The largest absolute Gasteiger partial charge is 0.480 e. The zero-order valence-electron chi connectivity index (χ0n) is 9.85. The lowest BCUT2D eigenvalue weighted by Crippen LogP contribution is -2.03. The molecule has 6 heteroatoms. The molecule has 0 aliphatic heterocycles. The van der Waals surface area contributed by atoms with Gasteiger partial charge in [0, 0.05) is 0 Å². The summed E-state index contributed by atoms with van der Waals surface area (Å²) in [6.45, 7) is 1.58. The first-order chi connectivity index (χ1) is 8.54. The van der Waals surface area contributed by atoms with E-state index < -0.39 is 5.97 Å². The maximum Gasteiger partial charge on any atom is 0.343 e. The molecule has 0 saturated heterocycles. The van der Waals surface area contributed by atoms with E-state index >= 15 is 0 Å². The van der Waals surface area contributed by atoms with Crippen LogP contribution in [0.25, 0.3) is 5.69 Å². The second-order valence-electron chi connectivity index (χ2n) is 3.66. The lowest BCUT2D eigenvalue weighted by atomic mass is 10.2.